The van der Waals surface area contributed by atoms with Gasteiger partial charge >= 0.3 is 11.9 Å². The Bertz CT molecular complexity index is 602. The molecule has 0 aliphatic carbocycles. The smallest absolute Gasteiger partial charge is 0.322 e. The quantitative estimate of drug-likeness (QED) is 0.241. The molecule has 1 saturated heterocycles. The van der Waals surface area contributed by atoms with Crippen molar-refractivity contribution in [3.63, 3.8) is 0 Å². The molecule has 1 aliphatic rings. The van der Waals surface area contributed by atoms with Crippen LogP contribution in [0.25, 0.3) is 0 Å². The minimum Gasteiger partial charge on any atom is -0.481 e. The second-order valence-electron chi connectivity index (χ2n) is 7.11. The maximum atomic E-state index is 12.6. The van der Waals surface area contributed by atoms with Crippen LogP contribution >= 0.6 is 0 Å². The minimum atomic E-state index is -1.35. The molecule has 11 nitrogen and oxygen atoms in total. The van der Waals surface area contributed by atoms with Gasteiger partial charge in [0.15, 0.2) is 0 Å². The summed E-state index contributed by atoms with van der Waals surface area (Å²) in [5.41, 5.74) is 0. The Labute approximate surface area is 162 Å². The summed E-state index contributed by atoms with van der Waals surface area (Å²) in [6, 6.07) is -2.89. The van der Waals surface area contributed by atoms with Gasteiger partial charge in [0.1, 0.15) is 18.6 Å². The molecule has 3 amide bonds. The number of amides is 3. The second-order valence-corrected chi connectivity index (χ2v) is 7.11. The van der Waals surface area contributed by atoms with Crippen molar-refractivity contribution in [3.05, 3.63) is 0 Å². The number of carbonyl (C=O) groups is 5. The Kier molecular flexibility index (Phi) is 9.36. The second kappa shape index (κ2) is 11.2. The molecule has 0 spiro atoms. The van der Waals surface area contributed by atoms with E-state index in [1.165, 1.54) is 0 Å². The van der Waals surface area contributed by atoms with Crippen LogP contribution in [0.15, 0.2) is 0 Å². The number of aliphatic carboxylic acids is 2. The van der Waals surface area contributed by atoms with E-state index in [2.05, 4.69) is 21.3 Å². The largest absolute Gasteiger partial charge is 0.481 e. The van der Waals surface area contributed by atoms with Gasteiger partial charge in [-0.2, -0.15) is 0 Å². The standard InChI is InChI=1S/C17H28N4O7/c1-9(2)6-11(15(26)19-8-14(24)25)20-17(28)12(7-13(22)23)21-16(27)10-4-3-5-18-10/h9-12,18H,3-8H2,1-2H3,(H,19,26)(H,20,28)(H,21,27)(H,22,23)(H,24,25). The van der Waals surface area contributed by atoms with Gasteiger partial charge in [-0.15, -0.1) is 0 Å². The summed E-state index contributed by atoms with van der Waals surface area (Å²) in [6.45, 7) is 3.68. The molecule has 158 valence electrons. The highest BCUT2D eigenvalue weighted by atomic mass is 16.4. The van der Waals surface area contributed by atoms with Crippen molar-refractivity contribution >= 4 is 29.7 Å². The molecule has 3 unspecified atom stereocenters. The SMILES string of the molecule is CC(C)CC(NC(=O)C(CC(=O)O)NC(=O)C1CCCN1)C(=O)NCC(=O)O. The Morgan fingerprint density at radius 2 is 1.68 bits per heavy atom. The third-order valence-corrected chi connectivity index (χ3v) is 4.14. The average molecular weight is 400 g/mol. The zero-order chi connectivity index (χ0) is 21.3. The minimum absolute atomic E-state index is 0.00363. The van der Waals surface area contributed by atoms with Gasteiger partial charge in [0.2, 0.25) is 17.7 Å². The third-order valence-electron chi connectivity index (χ3n) is 4.14. The predicted molar refractivity (Wildman–Crippen MR) is 97.2 cm³/mol. The molecule has 0 saturated carbocycles. The van der Waals surface area contributed by atoms with Gasteiger partial charge in [0.05, 0.1) is 12.5 Å². The summed E-state index contributed by atoms with van der Waals surface area (Å²) in [7, 11) is 0. The number of hydrogen-bond donors (Lipinski definition) is 6. The normalized spacial score (nSPS) is 18.2. The predicted octanol–water partition coefficient (Wildman–Crippen LogP) is -1.57. The maximum absolute atomic E-state index is 12.6. The van der Waals surface area contributed by atoms with Crippen LogP contribution in [0.4, 0.5) is 0 Å². The molecule has 3 atom stereocenters. The lowest BCUT2D eigenvalue weighted by Crippen LogP contribution is -2.56. The highest BCUT2D eigenvalue weighted by Crippen LogP contribution is 2.08. The highest BCUT2D eigenvalue weighted by molar-refractivity contribution is 5.95. The van der Waals surface area contributed by atoms with Crippen molar-refractivity contribution in [2.75, 3.05) is 13.1 Å². The first-order valence-corrected chi connectivity index (χ1v) is 9.15. The van der Waals surface area contributed by atoms with E-state index in [1.54, 1.807) is 0 Å². The van der Waals surface area contributed by atoms with Gasteiger partial charge in [-0.25, -0.2) is 0 Å². The van der Waals surface area contributed by atoms with Gasteiger partial charge in [0, 0.05) is 0 Å². The first-order chi connectivity index (χ1) is 13.1. The fourth-order valence-electron chi connectivity index (χ4n) is 2.83. The van der Waals surface area contributed by atoms with Crippen LogP contribution in [-0.2, 0) is 24.0 Å². The Morgan fingerprint density at radius 1 is 1.00 bits per heavy atom. The molecule has 0 aromatic rings. The number of hydrogen-bond acceptors (Lipinski definition) is 6. The maximum Gasteiger partial charge on any atom is 0.322 e. The topological polar surface area (TPSA) is 174 Å². The number of carboxylic acids is 2. The van der Waals surface area contributed by atoms with Crippen LogP contribution in [0.5, 0.6) is 0 Å². The average Bonchev–Trinajstić information content (AvgIpc) is 3.12. The van der Waals surface area contributed by atoms with Crippen molar-refractivity contribution < 1.29 is 34.2 Å². The molecule has 6 N–H and O–H groups in total. The van der Waals surface area contributed by atoms with Crippen molar-refractivity contribution in [2.24, 2.45) is 5.92 Å². The molecule has 0 aromatic heterocycles. The monoisotopic (exact) mass is 400 g/mol. The van der Waals surface area contributed by atoms with Crippen molar-refractivity contribution in [1.29, 1.82) is 0 Å². The van der Waals surface area contributed by atoms with Crippen LogP contribution in [0.2, 0.25) is 0 Å². The van der Waals surface area contributed by atoms with Gasteiger partial charge < -0.3 is 31.5 Å². The zero-order valence-corrected chi connectivity index (χ0v) is 16.0. The number of carboxylic acid groups (broad SMARTS) is 2. The molecule has 0 aromatic carbocycles. The number of rotatable bonds is 11. The Balaban J connectivity index is 2.81. The first kappa shape index (κ1) is 23.3. The van der Waals surface area contributed by atoms with Crippen LogP contribution in [0.1, 0.15) is 39.5 Å². The first-order valence-electron chi connectivity index (χ1n) is 9.15. The lowest BCUT2D eigenvalue weighted by atomic mass is 10.0. The van der Waals surface area contributed by atoms with E-state index in [0.717, 1.165) is 6.42 Å². The van der Waals surface area contributed by atoms with Crippen LogP contribution in [0, 0.1) is 5.92 Å². The van der Waals surface area contributed by atoms with Gasteiger partial charge in [-0.3, -0.25) is 24.0 Å². The molecule has 1 fully saturated rings. The van der Waals surface area contributed by atoms with E-state index in [4.69, 9.17) is 10.2 Å². The lowest BCUT2D eigenvalue weighted by molar-refractivity contribution is -0.141. The third kappa shape index (κ3) is 8.33. The van der Waals surface area contributed by atoms with Crippen LogP contribution in [-0.4, -0.2) is 71.1 Å². The van der Waals surface area contributed by atoms with E-state index >= 15 is 0 Å². The Morgan fingerprint density at radius 3 is 2.18 bits per heavy atom. The van der Waals surface area contributed by atoms with Gasteiger partial charge in [-0.05, 0) is 31.7 Å². The van der Waals surface area contributed by atoms with Gasteiger partial charge in [0.25, 0.3) is 0 Å². The zero-order valence-electron chi connectivity index (χ0n) is 16.0. The summed E-state index contributed by atoms with van der Waals surface area (Å²) < 4.78 is 0. The molecule has 0 radical (unpaired) electrons. The summed E-state index contributed by atoms with van der Waals surface area (Å²) in [6.07, 6.45) is 0.958. The number of carbonyl (C=O) groups excluding carboxylic acids is 3. The molecule has 11 heteroatoms. The summed E-state index contributed by atoms with van der Waals surface area (Å²) in [4.78, 5) is 58.7. The fraction of sp³-hybridized carbons (Fsp3) is 0.706. The lowest BCUT2D eigenvalue weighted by Gasteiger charge is -2.24. The fourth-order valence-corrected chi connectivity index (χ4v) is 2.83. The van der Waals surface area contributed by atoms with Gasteiger partial charge in [-0.1, -0.05) is 13.8 Å². The Hall–Kier alpha value is -2.69. The van der Waals surface area contributed by atoms with Crippen molar-refractivity contribution in [2.45, 2.75) is 57.7 Å². The highest BCUT2D eigenvalue weighted by Gasteiger charge is 2.31. The van der Waals surface area contributed by atoms with E-state index in [1.807, 2.05) is 13.8 Å². The molecule has 1 heterocycles. The molecule has 1 aliphatic heterocycles. The number of nitrogens with one attached hydrogen (secondary N) is 4. The summed E-state index contributed by atoms with van der Waals surface area (Å²) in [5.74, 6) is -4.50. The van der Waals surface area contributed by atoms with Crippen LogP contribution in [0.3, 0.4) is 0 Å². The molecular formula is C17H28N4O7. The van der Waals surface area contributed by atoms with E-state index < -0.39 is 60.8 Å². The molecular weight excluding hydrogens is 372 g/mol. The van der Waals surface area contributed by atoms with E-state index in [-0.39, 0.29) is 12.3 Å². The molecule has 28 heavy (non-hydrogen) atoms. The van der Waals surface area contributed by atoms with Crippen molar-refractivity contribution in [1.82, 2.24) is 21.3 Å². The molecule has 0 bridgehead atoms. The summed E-state index contributed by atoms with van der Waals surface area (Å²) in [5, 5.41) is 27.7. The van der Waals surface area contributed by atoms with E-state index in [9.17, 15) is 24.0 Å². The van der Waals surface area contributed by atoms with Crippen LogP contribution < -0.4 is 21.3 Å². The summed E-state index contributed by atoms with van der Waals surface area (Å²) >= 11 is 0. The molecule has 1 rings (SSSR count). The van der Waals surface area contributed by atoms with E-state index in [0.29, 0.717) is 13.0 Å². The van der Waals surface area contributed by atoms with Crippen molar-refractivity contribution in [3.8, 4) is 0 Å².